The van der Waals surface area contributed by atoms with Gasteiger partial charge in [0.1, 0.15) is 6.07 Å². The van der Waals surface area contributed by atoms with Crippen molar-refractivity contribution < 1.29 is 9.47 Å². The number of fused-ring (bicyclic) bond motifs is 1. The molecule has 2 aliphatic heterocycles. The molecule has 0 spiro atoms. The van der Waals surface area contributed by atoms with E-state index in [1.165, 1.54) is 12.8 Å². The lowest BCUT2D eigenvalue weighted by Crippen LogP contribution is -2.48. The van der Waals surface area contributed by atoms with Crippen LogP contribution in [0.1, 0.15) is 32.6 Å². The normalized spacial score (nSPS) is 43.1. The molecule has 0 aromatic carbocycles. The Balaban J connectivity index is 1.98. The first-order valence-electron chi connectivity index (χ1n) is 7.77. The van der Waals surface area contributed by atoms with Crippen molar-refractivity contribution in [2.75, 3.05) is 7.11 Å². The standard InChI is InChI=1S/C15H24N4O2/c1-8-12-13(9-5-3-4-6-11(9)20-2)10(7-16)14(17)21-15(12)19-18-8/h8-9,11-13,15,18-19H,3-6,17H2,1-2H3. The minimum absolute atomic E-state index is 0.0940. The minimum Gasteiger partial charge on any atom is -0.458 e. The summed E-state index contributed by atoms with van der Waals surface area (Å²) < 4.78 is 11.4. The summed E-state index contributed by atoms with van der Waals surface area (Å²) in [5.74, 6) is 0.897. The smallest absolute Gasteiger partial charge is 0.200 e. The van der Waals surface area contributed by atoms with E-state index in [9.17, 15) is 5.26 Å². The van der Waals surface area contributed by atoms with Crippen LogP contribution < -0.4 is 16.6 Å². The van der Waals surface area contributed by atoms with Crippen molar-refractivity contribution in [2.24, 2.45) is 23.5 Å². The van der Waals surface area contributed by atoms with Gasteiger partial charge in [-0.3, -0.25) is 5.43 Å². The lowest BCUT2D eigenvalue weighted by molar-refractivity contribution is -0.0448. The molecular formula is C15H24N4O2. The fourth-order valence-corrected chi connectivity index (χ4v) is 4.29. The van der Waals surface area contributed by atoms with Gasteiger partial charge in [0, 0.05) is 25.0 Å². The number of allylic oxidation sites excluding steroid dienone is 1. The number of nitrogens with zero attached hydrogens (tertiary/aromatic N) is 1. The van der Waals surface area contributed by atoms with Gasteiger partial charge in [0.2, 0.25) is 0 Å². The second-order valence-corrected chi connectivity index (χ2v) is 6.33. The Hall–Kier alpha value is -1.29. The molecule has 3 rings (SSSR count). The topological polar surface area (TPSA) is 92.3 Å². The molecule has 6 nitrogen and oxygen atoms in total. The maximum Gasteiger partial charge on any atom is 0.200 e. The predicted molar refractivity (Wildman–Crippen MR) is 77.2 cm³/mol. The van der Waals surface area contributed by atoms with E-state index in [4.69, 9.17) is 15.2 Å². The van der Waals surface area contributed by atoms with Crippen LogP contribution >= 0.6 is 0 Å². The molecule has 1 aliphatic carbocycles. The van der Waals surface area contributed by atoms with Gasteiger partial charge in [0.05, 0.1) is 11.7 Å². The second kappa shape index (κ2) is 5.84. The van der Waals surface area contributed by atoms with Gasteiger partial charge in [-0.2, -0.15) is 5.26 Å². The van der Waals surface area contributed by atoms with Crippen molar-refractivity contribution in [1.82, 2.24) is 10.9 Å². The predicted octanol–water partition coefficient (Wildman–Crippen LogP) is 0.970. The Morgan fingerprint density at radius 3 is 2.81 bits per heavy atom. The number of nitriles is 1. The highest BCUT2D eigenvalue weighted by Crippen LogP contribution is 2.45. The number of nitrogens with two attached hydrogens (primary N) is 1. The molecular weight excluding hydrogens is 268 g/mol. The van der Waals surface area contributed by atoms with Crippen molar-refractivity contribution in [1.29, 1.82) is 5.26 Å². The van der Waals surface area contributed by atoms with Crippen LogP contribution in [-0.4, -0.2) is 25.5 Å². The minimum atomic E-state index is -0.165. The third-order valence-electron chi connectivity index (χ3n) is 5.29. The summed E-state index contributed by atoms with van der Waals surface area (Å²) in [6.45, 7) is 2.12. The third kappa shape index (κ3) is 2.39. The van der Waals surface area contributed by atoms with Crippen molar-refractivity contribution >= 4 is 0 Å². The second-order valence-electron chi connectivity index (χ2n) is 6.33. The van der Waals surface area contributed by atoms with Gasteiger partial charge in [0.15, 0.2) is 12.1 Å². The van der Waals surface area contributed by atoms with Crippen LogP contribution in [0.25, 0.3) is 0 Å². The van der Waals surface area contributed by atoms with Crippen LogP contribution in [0.15, 0.2) is 11.5 Å². The number of hydrazine groups is 1. The quantitative estimate of drug-likeness (QED) is 0.702. The van der Waals surface area contributed by atoms with Crippen LogP contribution in [0.5, 0.6) is 0 Å². The first-order chi connectivity index (χ1) is 10.2. The number of nitrogens with one attached hydrogen (secondary N) is 2. The van der Waals surface area contributed by atoms with Gasteiger partial charge in [0.25, 0.3) is 0 Å². The van der Waals surface area contributed by atoms with Crippen LogP contribution in [0, 0.1) is 29.1 Å². The molecule has 6 atom stereocenters. The Bertz CT molecular complexity index is 473. The number of hydrogen-bond donors (Lipinski definition) is 3. The van der Waals surface area contributed by atoms with E-state index < -0.39 is 0 Å². The fourth-order valence-electron chi connectivity index (χ4n) is 4.29. The van der Waals surface area contributed by atoms with Crippen LogP contribution in [0.4, 0.5) is 0 Å². The molecule has 6 unspecified atom stereocenters. The highest BCUT2D eigenvalue weighted by Gasteiger charge is 2.51. The zero-order chi connectivity index (χ0) is 15.0. The molecule has 1 saturated carbocycles. The van der Waals surface area contributed by atoms with E-state index in [2.05, 4.69) is 23.8 Å². The van der Waals surface area contributed by atoms with E-state index in [1.54, 1.807) is 7.11 Å². The number of methoxy groups -OCH3 is 1. The average molecular weight is 292 g/mol. The third-order valence-corrected chi connectivity index (χ3v) is 5.29. The molecule has 116 valence electrons. The number of ether oxygens (including phenoxy) is 2. The molecule has 6 heteroatoms. The van der Waals surface area contributed by atoms with Gasteiger partial charge in [-0.05, 0) is 25.7 Å². The van der Waals surface area contributed by atoms with Gasteiger partial charge >= 0.3 is 0 Å². The molecule has 0 amide bonds. The van der Waals surface area contributed by atoms with Crippen LogP contribution in [0.3, 0.4) is 0 Å². The summed E-state index contributed by atoms with van der Waals surface area (Å²) in [5, 5.41) is 9.58. The van der Waals surface area contributed by atoms with Gasteiger partial charge in [-0.25, -0.2) is 5.43 Å². The summed E-state index contributed by atoms with van der Waals surface area (Å²) >= 11 is 0. The van der Waals surface area contributed by atoms with Crippen LogP contribution in [0.2, 0.25) is 0 Å². The summed E-state index contributed by atoms with van der Waals surface area (Å²) in [7, 11) is 1.77. The van der Waals surface area contributed by atoms with Crippen molar-refractivity contribution in [3.8, 4) is 6.07 Å². The summed E-state index contributed by atoms with van der Waals surface area (Å²) in [6.07, 6.45) is 4.56. The summed E-state index contributed by atoms with van der Waals surface area (Å²) in [6, 6.07) is 2.53. The van der Waals surface area contributed by atoms with E-state index in [-0.39, 0.29) is 36.1 Å². The molecule has 4 N–H and O–H groups in total. The molecule has 1 saturated heterocycles. The molecule has 0 radical (unpaired) electrons. The first-order valence-corrected chi connectivity index (χ1v) is 7.77. The number of rotatable bonds is 2. The van der Waals surface area contributed by atoms with E-state index >= 15 is 0 Å². The monoisotopic (exact) mass is 292 g/mol. The average Bonchev–Trinajstić information content (AvgIpc) is 2.86. The first kappa shape index (κ1) is 14.6. The van der Waals surface area contributed by atoms with E-state index in [0.29, 0.717) is 11.5 Å². The fraction of sp³-hybridized carbons (Fsp3) is 0.800. The number of hydrogen-bond acceptors (Lipinski definition) is 6. The van der Waals surface area contributed by atoms with E-state index in [0.717, 1.165) is 12.8 Å². The zero-order valence-electron chi connectivity index (χ0n) is 12.6. The SMILES string of the molecule is COC1CCCCC1C1C(C#N)=C(N)OC2NNC(C)C21. The molecule has 0 aromatic heterocycles. The molecule has 21 heavy (non-hydrogen) atoms. The Morgan fingerprint density at radius 2 is 2.10 bits per heavy atom. The maximum absolute atomic E-state index is 9.58. The van der Waals surface area contributed by atoms with Gasteiger partial charge in [-0.1, -0.05) is 12.8 Å². The van der Waals surface area contributed by atoms with Gasteiger partial charge < -0.3 is 15.2 Å². The lowest BCUT2D eigenvalue weighted by atomic mass is 9.67. The molecule has 0 bridgehead atoms. The highest BCUT2D eigenvalue weighted by molar-refractivity contribution is 5.31. The highest BCUT2D eigenvalue weighted by atomic mass is 16.5. The Kier molecular flexibility index (Phi) is 4.07. The summed E-state index contributed by atoms with van der Waals surface area (Å²) in [5.41, 5.74) is 13.0. The zero-order valence-corrected chi connectivity index (χ0v) is 12.6. The molecule has 2 fully saturated rings. The lowest BCUT2D eigenvalue weighted by Gasteiger charge is -2.43. The Morgan fingerprint density at radius 1 is 1.33 bits per heavy atom. The van der Waals surface area contributed by atoms with Crippen molar-refractivity contribution in [3.63, 3.8) is 0 Å². The van der Waals surface area contributed by atoms with Crippen molar-refractivity contribution in [2.45, 2.75) is 51.0 Å². The van der Waals surface area contributed by atoms with Gasteiger partial charge in [-0.15, -0.1) is 0 Å². The van der Waals surface area contributed by atoms with E-state index in [1.807, 2.05) is 0 Å². The Labute approximate surface area is 125 Å². The molecule has 0 aromatic rings. The molecule has 2 heterocycles. The van der Waals surface area contributed by atoms with Crippen LogP contribution in [-0.2, 0) is 9.47 Å². The summed E-state index contributed by atoms with van der Waals surface area (Å²) in [4.78, 5) is 0. The maximum atomic E-state index is 9.58. The molecule has 3 aliphatic rings. The largest absolute Gasteiger partial charge is 0.458 e. The van der Waals surface area contributed by atoms with Crippen molar-refractivity contribution in [3.05, 3.63) is 11.5 Å².